The average Bonchev–Trinajstić information content (AvgIpc) is 2.41. The van der Waals surface area contributed by atoms with Crippen LogP contribution >= 0.6 is 0 Å². The van der Waals surface area contributed by atoms with Crippen LogP contribution in [0.3, 0.4) is 0 Å². The van der Waals surface area contributed by atoms with Crippen molar-refractivity contribution in [1.29, 1.82) is 5.26 Å². The maximum absolute atomic E-state index is 8.94. The van der Waals surface area contributed by atoms with Gasteiger partial charge in [0, 0.05) is 31.4 Å². The normalized spacial score (nSPS) is 20.6. The highest BCUT2D eigenvalue weighted by Gasteiger charge is 2.25. The lowest BCUT2D eigenvalue weighted by Gasteiger charge is -2.40. The highest BCUT2D eigenvalue weighted by molar-refractivity contribution is 5.55. The van der Waals surface area contributed by atoms with Gasteiger partial charge in [0.25, 0.3) is 0 Å². The Hall–Kier alpha value is -1.53. The van der Waals surface area contributed by atoms with Crippen molar-refractivity contribution in [3.8, 4) is 6.07 Å². The second kappa shape index (κ2) is 6.08. The maximum atomic E-state index is 8.94. The van der Waals surface area contributed by atoms with E-state index in [0.717, 1.165) is 19.6 Å². The molecule has 3 heteroatoms. The summed E-state index contributed by atoms with van der Waals surface area (Å²) in [6.45, 7) is 7.50. The van der Waals surface area contributed by atoms with Crippen LogP contribution in [0.1, 0.15) is 31.7 Å². The molecule has 1 aliphatic heterocycles. The third-order valence-electron chi connectivity index (χ3n) is 4.00. The number of hydrogen-bond acceptors (Lipinski definition) is 3. The Bertz CT molecular complexity index is 461. The van der Waals surface area contributed by atoms with Gasteiger partial charge in [-0.1, -0.05) is 32.0 Å². The molecule has 0 spiro atoms. The van der Waals surface area contributed by atoms with Crippen LogP contribution in [0, 0.1) is 11.3 Å². The molecule has 0 saturated carbocycles. The summed E-state index contributed by atoms with van der Waals surface area (Å²) in [6, 6.07) is 11.3. The molecule has 19 heavy (non-hydrogen) atoms. The first kappa shape index (κ1) is 13.9. The minimum Gasteiger partial charge on any atom is -0.368 e. The van der Waals surface area contributed by atoms with Gasteiger partial charge in [-0.2, -0.15) is 5.26 Å². The van der Waals surface area contributed by atoms with Gasteiger partial charge in [0.15, 0.2) is 0 Å². The molecule has 1 aromatic carbocycles. The fraction of sp³-hybridized carbons (Fsp3) is 0.562. The van der Waals surface area contributed by atoms with Crippen LogP contribution < -0.4 is 4.90 Å². The Balaban J connectivity index is 2.21. The van der Waals surface area contributed by atoms with Gasteiger partial charge in [-0.05, 0) is 24.6 Å². The molecule has 0 N–H and O–H groups in total. The molecule has 0 radical (unpaired) electrons. The van der Waals surface area contributed by atoms with E-state index < -0.39 is 0 Å². The van der Waals surface area contributed by atoms with Crippen LogP contribution in [0.25, 0.3) is 0 Å². The van der Waals surface area contributed by atoms with Gasteiger partial charge in [-0.15, -0.1) is 0 Å². The minimum absolute atomic E-state index is 0.346. The van der Waals surface area contributed by atoms with Crippen molar-refractivity contribution in [2.24, 2.45) is 0 Å². The smallest absolute Gasteiger partial charge is 0.0638 e. The molecule has 1 aromatic rings. The number of rotatable bonds is 3. The molecule has 1 unspecified atom stereocenters. The topological polar surface area (TPSA) is 30.3 Å². The molecule has 1 fully saturated rings. The lowest BCUT2D eigenvalue weighted by atomic mass is 9.99. The Morgan fingerprint density at radius 1 is 1.32 bits per heavy atom. The van der Waals surface area contributed by atoms with Crippen LogP contribution in [-0.4, -0.2) is 37.6 Å². The molecular formula is C16H23N3. The largest absolute Gasteiger partial charge is 0.368 e. The third-order valence-corrected chi connectivity index (χ3v) is 4.00. The fourth-order valence-electron chi connectivity index (χ4n) is 2.75. The number of nitrogens with zero attached hydrogens (tertiary/aromatic N) is 3. The number of para-hydroxylation sites is 1. The molecule has 1 atom stereocenters. The van der Waals surface area contributed by atoms with Gasteiger partial charge in [0.05, 0.1) is 12.5 Å². The highest BCUT2D eigenvalue weighted by atomic mass is 15.3. The van der Waals surface area contributed by atoms with Crippen LogP contribution in [0.5, 0.6) is 0 Å². The molecule has 0 bridgehead atoms. The summed E-state index contributed by atoms with van der Waals surface area (Å²) in [6.07, 6.45) is 0.608. The number of benzene rings is 1. The number of piperazine rings is 1. The van der Waals surface area contributed by atoms with Gasteiger partial charge < -0.3 is 4.90 Å². The predicted molar refractivity (Wildman–Crippen MR) is 79.4 cm³/mol. The van der Waals surface area contributed by atoms with Crippen LogP contribution in [-0.2, 0) is 0 Å². The summed E-state index contributed by atoms with van der Waals surface area (Å²) in [5.41, 5.74) is 2.75. The second-order valence-electron chi connectivity index (χ2n) is 5.66. The summed E-state index contributed by atoms with van der Waals surface area (Å²) in [5.74, 6) is 0.533. The van der Waals surface area contributed by atoms with E-state index in [0.29, 0.717) is 18.4 Å². The summed E-state index contributed by atoms with van der Waals surface area (Å²) in [4.78, 5) is 4.75. The summed E-state index contributed by atoms with van der Waals surface area (Å²) in [7, 11) is 2.12. The first-order chi connectivity index (χ1) is 9.13. The van der Waals surface area contributed by atoms with Gasteiger partial charge in [-0.3, -0.25) is 4.90 Å². The molecule has 0 aromatic heterocycles. The van der Waals surface area contributed by atoms with Crippen LogP contribution in [0.2, 0.25) is 0 Å². The SMILES string of the molecule is CC(C)c1ccccc1N1CCN(C)C(CC#N)C1. The van der Waals surface area contributed by atoms with Gasteiger partial charge in [0.1, 0.15) is 0 Å². The fourth-order valence-corrected chi connectivity index (χ4v) is 2.75. The molecule has 1 heterocycles. The summed E-state index contributed by atoms with van der Waals surface area (Å²) in [5, 5.41) is 8.94. The van der Waals surface area contributed by atoms with Gasteiger partial charge in [-0.25, -0.2) is 0 Å². The zero-order chi connectivity index (χ0) is 13.8. The Morgan fingerprint density at radius 3 is 2.74 bits per heavy atom. The molecular weight excluding hydrogens is 234 g/mol. The first-order valence-electron chi connectivity index (χ1n) is 7.04. The number of nitriles is 1. The maximum Gasteiger partial charge on any atom is 0.0638 e. The summed E-state index contributed by atoms with van der Waals surface area (Å²) >= 11 is 0. The van der Waals surface area contributed by atoms with Crippen molar-refractivity contribution >= 4 is 5.69 Å². The third kappa shape index (κ3) is 3.08. The van der Waals surface area contributed by atoms with E-state index in [1.54, 1.807) is 0 Å². The lowest BCUT2D eigenvalue weighted by molar-refractivity contribution is 0.221. The van der Waals surface area contributed by atoms with E-state index in [1.807, 2.05) is 0 Å². The molecule has 0 aliphatic carbocycles. The van der Waals surface area contributed by atoms with E-state index in [1.165, 1.54) is 11.3 Å². The van der Waals surface area contributed by atoms with Crippen molar-refractivity contribution in [2.45, 2.75) is 32.2 Å². The van der Waals surface area contributed by atoms with E-state index >= 15 is 0 Å². The molecule has 0 amide bonds. The Morgan fingerprint density at radius 2 is 2.05 bits per heavy atom. The van der Waals surface area contributed by atoms with Crippen molar-refractivity contribution in [1.82, 2.24) is 4.90 Å². The van der Waals surface area contributed by atoms with Crippen molar-refractivity contribution in [2.75, 3.05) is 31.6 Å². The summed E-state index contributed by atoms with van der Waals surface area (Å²) < 4.78 is 0. The molecule has 1 aliphatic rings. The molecule has 1 saturated heterocycles. The standard InChI is InChI=1S/C16H23N3/c1-13(2)15-6-4-5-7-16(15)19-11-10-18(3)14(12-19)8-9-17/h4-7,13-14H,8,10-12H2,1-3H3. The van der Waals surface area contributed by atoms with Crippen molar-refractivity contribution in [3.05, 3.63) is 29.8 Å². The van der Waals surface area contributed by atoms with E-state index in [4.69, 9.17) is 5.26 Å². The Kier molecular flexibility index (Phi) is 4.44. The van der Waals surface area contributed by atoms with Crippen LogP contribution in [0.4, 0.5) is 5.69 Å². The van der Waals surface area contributed by atoms with Crippen LogP contribution in [0.15, 0.2) is 24.3 Å². The first-order valence-corrected chi connectivity index (χ1v) is 7.04. The second-order valence-corrected chi connectivity index (χ2v) is 5.66. The quantitative estimate of drug-likeness (QED) is 0.834. The Labute approximate surface area is 116 Å². The molecule has 3 nitrogen and oxygen atoms in total. The molecule has 2 rings (SSSR count). The van der Waals surface area contributed by atoms with E-state index in [2.05, 4.69) is 61.0 Å². The average molecular weight is 257 g/mol. The van der Waals surface area contributed by atoms with E-state index in [-0.39, 0.29) is 0 Å². The molecule has 102 valence electrons. The lowest BCUT2D eigenvalue weighted by Crippen LogP contribution is -2.51. The zero-order valence-corrected chi connectivity index (χ0v) is 12.1. The van der Waals surface area contributed by atoms with E-state index in [9.17, 15) is 0 Å². The minimum atomic E-state index is 0.346. The van der Waals surface area contributed by atoms with Gasteiger partial charge >= 0.3 is 0 Å². The monoisotopic (exact) mass is 257 g/mol. The zero-order valence-electron chi connectivity index (χ0n) is 12.1. The van der Waals surface area contributed by atoms with Gasteiger partial charge in [0.2, 0.25) is 0 Å². The predicted octanol–water partition coefficient (Wildman–Crippen LogP) is 2.84. The number of likely N-dealkylation sites (N-methyl/N-ethyl adjacent to an activating group) is 1. The number of anilines is 1. The number of hydrogen-bond donors (Lipinski definition) is 0. The highest BCUT2D eigenvalue weighted by Crippen LogP contribution is 2.29. The van der Waals surface area contributed by atoms with Crippen molar-refractivity contribution in [3.63, 3.8) is 0 Å². The van der Waals surface area contributed by atoms with Crippen molar-refractivity contribution < 1.29 is 0 Å².